The summed E-state index contributed by atoms with van der Waals surface area (Å²) in [5, 5.41) is 19.1. The Bertz CT molecular complexity index is 760. The molecule has 0 fully saturated rings. The van der Waals surface area contributed by atoms with Crippen LogP contribution in [0.4, 0.5) is 0 Å². The fourth-order valence-corrected chi connectivity index (χ4v) is 2.05. The molecule has 1 heterocycles. The molecule has 3 rings (SSSR count). The Morgan fingerprint density at radius 2 is 1.89 bits per heavy atom. The third-order valence-corrected chi connectivity index (χ3v) is 3.00. The monoisotopic (exact) mass is 234 g/mol. The first-order valence-corrected chi connectivity index (χ1v) is 5.62. The molecule has 0 radical (unpaired) electrons. The van der Waals surface area contributed by atoms with Crippen LogP contribution in [0.3, 0.4) is 0 Å². The van der Waals surface area contributed by atoms with Crippen LogP contribution < -0.4 is 0 Å². The molecule has 18 heavy (non-hydrogen) atoms. The van der Waals surface area contributed by atoms with Gasteiger partial charge in [0.15, 0.2) is 5.69 Å². The first-order valence-electron chi connectivity index (χ1n) is 5.62. The van der Waals surface area contributed by atoms with Gasteiger partial charge in [-0.3, -0.25) is 0 Å². The summed E-state index contributed by atoms with van der Waals surface area (Å²) < 4.78 is 1.71. The second kappa shape index (κ2) is 3.97. The average Bonchev–Trinajstić information content (AvgIpc) is 2.79. The lowest BCUT2D eigenvalue weighted by Crippen LogP contribution is -2.00. The van der Waals surface area contributed by atoms with Crippen molar-refractivity contribution in [2.24, 2.45) is 0 Å². The predicted octanol–water partition coefficient (Wildman–Crippen LogP) is 2.60. The summed E-state index contributed by atoms with van der Waals surface area (Å²) in [5.74, 6) is 0. The summed E-state index contributed by atoms with van der Waals surface area (Å²) in [6, 6.07) is 16.1. The van der Waals surface area contributed by atoms with E-state index in [1.165, 1.54) is 0 Å². The van der Waals surface area contributed by atoms with Crippen LogP contribution in [0.1, 0.15) is 11.4 Å². The Balaban J connectivity index is 2.32. The van der Waals surface area contributed by atoms with Gasteiger partial charge in [0.2, 0.25) is 0 Å². The van der Waals surface area contributed by atoms with Crippen molar-refractivity contribution in [1.29, 1.82) is 5.26 Å². The van der Waals surface area contributed by atoms with Crippen molar-refractivity contribution in [3.05, 3.63) is 53.9 Å². The van der Waals surface area contributed by atoms with E-state index >= 15 is 0 Å². The maximum atomic E-state index is 8.93. The van der Waals surface area contributed by atoms with Gasteiger partial charge in [-0.25, -0.2) is 4.68 Å². The first kappa shape index (κ1) is 10.5. The second-order valence-electron chi connectivity index (χ2n) is 4.05. The highest BCUT2D eigenvalue weighted by atomic mass is 15.4. The van der Waals surface area contributed by atoms with Gasteiger partial charge < -0.3 is 0 Å². The largest absolute Gasteiger partial charge is 0.216 e. The van der Waals surface area contributed by atoms with E-state index in [4.69, 9.17) is 5.26 Å². The van der Waals surface area contributed by atoms with Crippen molar-refractivity contribution in [1.82, 2.24) is 15.0 Å². The number of hydrogen-bond acceptors (Lipinski definition) is 3. The molecule has 0 spiro atoms. The SMILES string of the molecule is Cc1c(C#N)nnn1-c1cccc2ccccc12. The molecule has 0 saturated heterocycles. The molecule has 0 unspecified atom stereocenters. The molecule has 0 saturated carbocycles. The Labute approximate surface area is 104 Å². The van der Waals surface area contributed by atoms with Crippen LogP contribution >= 0.6 is 0 Å². The van der Waals surface area contributed by atoms with Gasteiger partial charge in [0, 0.05) is 5.39 Å². The highest BCUT2D eigenvalue weighted by Gasteiger charge is 2.11. The molecular formula is C14H10N4. The van der Waals surface area contributed by atoms with Gasteiger partial charge in [0.1, 0.15) is 6.07 Å². The molecule has 1 aromatic heterocycles. The van der Waals surface area contributed by atoms with Crippen molar-refractivity contribution in [2.45, 2.75) is 6.92 Å². The minimum Gasteiger partial charge on any atom is -0.216 e. The minimum absolute atomic E-state index is 0.364. The van der Waals surface area contributed by atoms with E-state index in [0.29, 0.717) is 5.69 Å². The molecule has 0 amide bonds. The third kappa shape index (κ3) is 1.45. The summed E-state index contributed by atoms with van der Waals surface area (Å²) in [5.41, 5.74) is 2.07. The van der Waals surface area contributed by atoms with Crippen LogP contribution in [-0.4, -0.2) is 15.0 Å². The minimum atomic E-state index is 0.364. The molecule has 4 heteroatoms. The molecule has 86 valence electrons. The van der Waals surface area contributed by atoms with Gasteiger partial charge in [-0.2, -0.15) is 5.26 Å². The lowest BCUT2D eigenvalue weighted by molar-refractivity contribution is 0.789. The molecule has 0 aliphatic rings. The number of fused-ring (bicyclic) bond motifs is 1. The number of aromatic nitrogens is 3. The smallest absolute Gasteiger partial charge is 0.186 e. The van der Waals surface area contributed by atoms with E-state index in [0.717, 1.165) is 22.2 Å². The summed E-state index contributed by atoms with van der Waals surface area (Å²) in [7, 11) is 0. The summed E-state index contributed by atoms with van der Waals surface area (Å²) in [4.78, 5) is 0. The van der Waals surface area contributed by atoms with Crippen LogP contribution in [0.2, 0.25) is 0 Å². The Morgan fingerprint density at radius 1 is 1.11 bits per heavy atom. The van der Waals surface area contributed by atoms with Crippen molar-refractivity contribution in [3.63, 3.8) is 0 Å². The number of rotatable bonds is 1. The number of benzene rings is 2. The predicted molar refractivity (Wildman–Crippen MR) is 68.3 cm³/mol. The Kier molecular flexibility index (Phi) is 2.31. The maximum absolute atomic E-state index is 8.93. The molecule has 3 aromatic rings. The van der Waals surface area contributed by atoms with Gasteiger partial charge in [-0.05, 0) is 18.4 Å². The van der Waals surface area contributed by atoms with Crippen molar-refractivity contribution >= 4 is 10.8 Å². The van der Waals surface area contributed by atoms with E-state index in [-0.39, 0.29) is 0 Å². The third-order valence-electron chi connectivity index (χ3n) is 3.00. The van der Waals surface area contributed by atoms with E-state index in [2.05, 4.69) is 22.4 Å². The lowest BCUT2D eigenvalue weighted by Gasteiger charge is -2.07. The van der Waals surface area contributed by atoms with Crippen molar-refractivity contribution < 1.29 is 0 Å². The van der Waals surface area contributed by atoms with Crippen LogP contribution in [0.5, 0.6) is 0 Å². The average molecular weight is 234 g/mol. The summed E-state index contributed by atoms with van der Waals surface area (Å²) in [6.07, 6.45) is 0. The summed E-state index contributed by atoms with van der Waals surface area (Å²) >= 11 is 0. The molecule has 4 nitrogen and oxygen atoms in total. The zero-order valence-electron chi connectivity index (χ0n) is 9.83. The zero-order chi connectivity index (χ0) is 12.5. The normalized spacial score (nSPS) is 10.4. The standard InChI is InChI=1S/C14H10N4/c1-10-13(9-15)16-17-18(10)14-8-4-6-11-5-2-3-7-12(11)14/h2-8H,1H3. The molecular weight excluding hydrogens is 224 g/mol. The summed E-state index contributed by atoms with van der Waals surface area (Å²) in [6.45, 7) is 1.85. The Morgan fingerprint density at radius 3 is 2.67 bits per heavy atom. The quantitative estimate of drug-likeness (QED) is 0.650. The van der Waals surface area contributed by atoms with E-state index < -0.39 is 0 Å². The van der Waals surface area contributed by atoms with E-state index in [1.54, 1.807) is 4.68 Å². The van der Waals surface area contributed by atoms with Crippen molar-refractivity contribution in [3.8, 4) is 11.8 Å². The molecule has 0 aliphatic carbocycles. The van der Waals surface area contributed by atoms with Crippen LogP contribution in [0, 0.1) is 18.3 Å². The maximum Gasteiger partial charge on any atom is 0.186 e. The first-order chi connectivity index (χ1) is 8.81. The van der Waals surface area contributed by atoms with Gasteiger partial charge in [-0.15, -0.1) is 5.10 Å². The molecule has 0 N–H and O–H groups in total. The fraction of sp³-hybridized carbons (Fsp3) is 0.0714. The van der Waals surface area contributed by atoms with Gasteiger partial charge in [-0.1, -0.05) is 41.6 Å². The van der Waals surface area contributed by atoms with Gasteiger partial charge in [0.05, 0.1) is 11.4 Å². The highest BCUT2D eigenvalue weighted by Crippen LogP contribution is 2.22. The van der Waals surface area contributed by atoms with Crippen LogP contribution in [0.25, 0.3) is 16.5 Å². The lowest BCUT2D eigenvalue weighted by atomic mass is 10.1. The highest BCUT2D eigenvalue weighted by molar-refractivity contribution is 5.90. The molecule has 0 atom stereocenters. The van der Waals surface area contributed by atoms with Gasteiger partial charge >= 0.3 is 0 Å². The second-order valence-corrected chi connectivity index (χ2v) is 4.05. The molecule has 2 aromatic carbocycles. The molecule has 0 bridgehead atoms. The van der Waals surface area contributed by atoms with Crippen LogP contribution in [0.15, 0.2) is 42.5 Å². The number of nitrogens with zero attached hydrogens (tertiary/aromatic N) is 4. The Hall–Kier alpha value is -2.67. The van der Waals surface area contributed by atoms with E-state index in [1.807, 2.05) is 43.3 Å². The van der Waals surface area contributed by atoms with Crippen molar-refractivity contribution in [2.75, 3.05) is 0 Å². The molecule has 0 aliphatic heterocycles. The van der Waals surface area contributed by atoms with Gasteiger partial charge in [0.25, 0.3) is 0 Å². The van der Waals surface area contributed by atoms with Crippen LogP contribution in [-0.2, 0) is 0 Å². The number of hydrogen-bond donors (Lipinski definition) is 0. The van der Waals surface area contributed by atoms with E-state index in [9.17, 15) is 0 Å². The fourth-order valence-electron chi connectivity index (χ4n) is 2.05. The zero-order valence-corrected chi connectivity index (χ0v) is 9.83. The topological polar surface area (TPSA) is 54.5 Å². The number of nitriles is 1.